The van der Waals surface area contributed by atoms with Gasteiger partial charge in [0, 0.05) is 33.3 Å². The van der Waals surface area contributed by atoms with E-state index >= 15 is 0 Å². The number of aryl methyl sites for hydroxylation is 1. The number of aromatic nitrogens is 1. The Hall–Kier alpha value is -0.710. The van der Waals surface area contributed by atoms with Crippen molar-refractivity contribution in [2.45, 2.75) is 25.8 Å². The molecule has 1 N–H and O–H groups in total. The second-order valence-electron chi connectivity index (χ2n) is 4.72. The van der Waals surface area contributed by atoms with E-state index in [0.29, 0.717) is 0 Å². The summed E-state index contributed by atoms with van der Waals surface area (Å²) in [5.74, 6) is 0. The van der Waals surface area contributed by atoms with E-state index in [1.807, 2.05) is 19.3 Å². The maximum absolute atomic E-state index is 4.55. The van der Waals surface area contributed by atoms with Gasteiger partial charge in [-0.1, -0.05) is 44.8 Å². The highest BCUT2D eigenvalue weighted by molar-refractivity contribution is 9.11. The Bertz CT molecular complexity index is 567. The smallest absolute Gasteiger partial charge is 0.0422 e. The van der Waals surface area contributed by atoms with E-state index in [4.69, 9.17) is 0 Å². The van der Waals surface area contributed by atoms with E-state index in [1.165, 1.54) is 11.1 Å². The number of likely N-dealkylation sites (N-methyl/N-ethyl adjacent to an activating group) is 1. The molecule has 1 heterocycles. The van der Waals surface area contributed by atoms with Crippen LogP contribution in [-0.2, 0) is 12.8 Å². The van der Waals surface area contributed by atoms with Crippen LogP contribution < -0.4 is 5.32 Å². The van der Waals surface area contributed by atoms with E-state index in [0.717, 1.165) is 27.5 Å². The van der Waals surface area contributed by atoms with Crippen LogP contribution in [0.5, 0.6) is 0 Å². The van der Waals surface area contributed by atoms with Gasteiger partial charge in [-0.3, -0.25) is 4.98 Å². The normalized spacial score (nSPS) is 12.4. The lowest BCUT2D eigenvalue weighted by Gasteiger charge is -2.18. The van der Waals surface area contributed by atoms with Crippen LogP contribution in [0.15, 0.2) is 45.5 Å². The number of rotatable bonds is 5. The summed E-state index contributed by atoms with van der Waals surface area (Å²) < 4.78 is 2.20. The third-order valence-electron chi connectivity index (χ3n) is 3.39. The minimum atomic E-state index is 0.238. The molecule has 0 saturated carbocycles. The van der Waals surface area contributed by atoms with Crippen molar-refractivity contribution >= 4 is 31.9 Å². The lowest BCUT2D eigenvalue weighted by molar-refractivity contribution is 0.581. The molecule has 0 bridgehead atoms. The van der Waals surface area contributed by atoms with Gasteiger partial charge in [-0.2, -0.15) is 0 Å². The second-order valence-corrected chi connectivity index (χ2v) is 6.49. The van der Waals surface area contributed by atoms with Crippen LogP contribution in [0, 0.1) is 0 Å². The van der Waals surface area contributed by atoms with E-state index in [1.54, 1.807) is 0 Å². The highest BCUT2D eigenvalue weighted by Crippen LogP contribution is 2.28. The average Bonchev–Trinajstić information content (AvgIpc) is 2.48. The maximum Gasteiger partial charge on any atom is 0.0422 e. The van der Waals surface area contributed by atoms with E-state index in [9.17, 15) is 0 Å². The largest absolute Gasteiger partial charge is 0.313 e. The van der Waals surface area contributed by atoms with E-state index in [2.05, 4.69) is 73.3 Å². The minimum Gasteiger partial charge on any atom is -0.313 e. The molecule has 0 aliphatic rings. The summed E-state index contributed by atoms with van der Waals surface area (Å²) in [6.07, 6.45) is 3.87. The average molecular weight is 398 g/mol. The van der Waals surface area contributed by atoms with Gasteiger partial charge in [-0.15, -0.1) is 0 Å². The van der Waals surface area contributed by atoms with Crippen molar-refractivity contribution in [3.05, 3.63) is 62.3 Å². The van der Waals surface area contributed by atoms with Crippen LogP contribution in [0.3, 0.4) is 0 Å². The van der Waals surface area contributed by atoms with Crippen LogP contribution in [0.2, 0.25) is 0 Å². The lowest BCUT2D eigenvalue weighted by Crippen LogP contribution is -2.20. The fraction of sp³-hybridized carbons (Fsp3) is 0.312. The molecular weight excluding hydrogens is 380 g/mol. The van der Waals surface area contributed by atoms with Crippen molar-refractivity contribution in [3.8, 4) is 0 Å². The predicted octanol–water partition coefficient (Wildman–Crippen LogP) is 4.67. The zero-order chi connectivity index (χ0) is 14.5. The molecule has 1 aromatic carbocycles. The third-order valence-corrected chi connectivity index (χ3v) is 4.60. The molecule has 1 unspecified atom stereocenters. The molecule has 0 spiro atoms. The van der Waals surface area contributed by atoms with Gasteiger partial charge in [0.25, 0.3) is 0 Å². The molecule has 1 aromatic heterocycles. The van der Waals surface area contributed by atoms with Crippen molar-refractivity contribution in [1.82, 2.24) is 10.3 Å². The second kappa shape index (κ2) is 7.34. The van der Waals surface area contributed by atoms with Gasteiger partial charge >= 0.3 is 0 Å². The van der Waals surface area contributed by atoms with Gasteiger partial charge < -0.3 is 5.32 Å². The summed E-state index contributed by atoms with van der Waals surface area (Å²) in [5, 5.41) is 3.37. The molecule has 0 aliphatic heterocycles. The molecule has 20 heavy (non-hydrogen) atoms. The van der Waals surface area contributed by atoms with E-state index in [-0.39, 0.29) is 6.04 Å². The molecule has 106 valence electrons. The first-order valence-corrected chi connectivity index (χ1v) is 8.28. The fourth-order valence-corrected chi connectivity index (χ4v) is 3.05. The van der Waals surface area contributed by atoms with Crippen LogP contribution in [0.1, 0.15) is 29.8 Å². The Morgan fingerprint density at radius 2 is 2.00 bits per heavy atom. The van der Waals surface area contributed by atoms with Gasteiger partial charge in [0.1, 0.15) is 0 Å². The number of hydrogen-bond acceptors (Lipinski definition) is 2. The molecule has 0 radical (unpaired) electrons. The van der Waals surface area contributed by atoms with Crippen molar-refractivity contribution in [2.24, 2.45) is 0 Å². The molecule has 1 atom stereocenters. The topological polar surface area (TPSA) is 24.9 Å². The number of hydrogen-bond donors (Lipinski definition) is 1. The summed E-state index contributed by atoms with van der Waals surface area (Å²) in [5.41, 5.74) is 3.62. The lowest BCUT2D eigenvalue weighted by atomic mass is 10.0. The number of pyridine rings is 1. The highest BCUT2D eigenvalue weighted by atomic mass is 79.9. The van der Waals surface area contributed by atoms with Gasteiger partial charge in [0.15, 0.2) is 0 Å². The fourth-order valence-electron chi connectivity index (χ4n) is 2.14. The minimum absolute atomic E-state index is 0.238. The Balaban J connectivity index is 2.21. The van der Waals surface area contributed by atoms with Gasteiger partial charge in [0.2, 0.25) is 0 Å². The number of benzene rings is 1. The molecule has 0 amide bonds. The number of nitrogens with zero attached hydrogens (tertiary/aromatic N) is 1. The van der Waals surface area contributed by atoms with Gasteiger partial charge in [0.05, 0.1) is 0 Å². The molecule has 0 aliphatic carbocycles. The summed E-state index contributed by atoms with van der Waals surface area (Å²) in [7, 11) is 1.98. The summed E-state index contributed by atoms with van der Waals surface area (Å²) in [6, 6.07) is 10.8. The highest BCUT2D eigenvalue weighted by Gasteiger charge is 2.14. The third kappa shape index (κ3) is 3.90. The zero-order valence-corrected chi connectivity index (χ0v) is 14.8. The quantitative estimate of drug-likeness (QED) is 0.792. The summed E-state index contributed by atoms with van der Waals surface area (Å²) >= 11 is 7.16. The first-order chi connectivity index (χ1) is 9.63. The number of halogens is 2. The Morgan fingerprint density at radius 3 is 2.60 bits per heavy atom. The first-order valence-electron chi connectivity index (χ1n) is 6.70. The SMILES string of the molecule is CCc1ccc(CC(NC)c2cc(Br)ccc2Br)nc1. The van der Waals surface area contributed by atoms with Crippen molar-refractivity contribution < 1.29 is 0 Å². The van der Waals surface area contributed by atoms with Gasteiger partial charge in [-0.05, 0) is 48.9 Å². The predicted molar refractivity (Wildman–Crippen MR) is 91.0 cm³/mol. The summed E-state index contributed by atoms with van der Waals surface area (Å²) in [4.78, 5) is 4.55. The number of nitrogens with one attached hydrogen (secondary N) is 1. The zero-order valence-electron chi connectivity index (χ0n) is 11.7. The monoisotopic (exact) mass is 396 g/mol. The van der Waals surface area contributed by atoms with Crippen molar-refractivity contribution in [3.63, 3.8) is 0 Å². The van der Waals surface area contributed by atoms with Crippen molar-refractivity contribution in [2.75, 3.05) is 7.05 Å². The molecule has 2 nitrogen and oxygen atoms in total. The maximum atomic E-state index is 4.55. The van der Waals surface area contributed by atoms with Crippen LogP contribution in [0.4, 0.5) is 0 Å². The molecule has 0 saturated heterocycles. The Morgan fingerprint density at radius 1 is 1.20 bits per heavy atom. The molecule has 0 fully saturated rings. The molecular formula is C16H18Br2N2. The van der Waals surface area contributed by atoms with Gasteiger partial charge in [-0.25, -0.2) is 0 Å². The van der Waals surface area contributed by atoms with E-state index < -0.39 is 0 Å². The molecule has 2 rings (SSSR count). The first kappa shape index (κ1) is 15.7. The van der Waals surface area contributed by atoms with Crippen LogP contribution in [-0.4, -0.2) is 12.0 Å². The van der Waals surface area contributed by atoms with Crippen LogP contribution >= 0.6 is 31.9 Å². The molecule has 4 heteroatoms. The Labute approximate surface area is 137 Å². The van der Waals surface area contributed by atoms with Crippen molar-refractivity contribution in [1.29, 1.82) is 0 Å². The molecule has 2 aromatic rings. The Kier molecular flexibility index (Phi) is 5.75. The summed E-state index contributed by atoms with van der Waals surface area (Å²) in [6.45, 7) is 2.14. The van der Waals surface area contributed by atoms with Crippen LogP contribution in [0.25, 0.3) is 0 Å². The standard InChI is InChI=1S/C16H18Br2N2/c1-3-11-4-6-13(20-10-11)9-16(19-2)14-8-12(17)5-7-15(14)18/h4-8,10,16,19H,3,9H2,1-2H3.